The number of hydrogen-bond acceptors (Lipinski definition) is 5. The van der Waals surface area contributed by atoms with Crippen LogP contribution in [0.3, 0.4) is 0 Å². The van der Waals surface area contributed by atoms with Gasteiger partial charge in [-0.2, -0.15) is 0 Å². The molecule has 5 nitrogen and oxygen atoms in total. The van der Waals surface area contributed by atoms with E-state index in [1.807, 2.05) is 19.2 Å². The summed E-state index contributed by atoms with van der Waals surface area (Å²) in [4.78, 5) is 6.66. The highest BCUT2D eigenvalue weighted by Crippen LogP contribution is 2.21. The summed E-state index contributed by atoms with van der Waals surface area (Å²) < 4.78 is 5.67. The fourth-order valence-corrected chi connectivity index (χ4v) is 2.63. The first-order chi connectivity index (χ1) is 9.63. The summed E-state index contributed by atoms with van der Waals surface area (Å²) in [6, 6.07) is 4.48. The number of nitrogens with one attached hydrogen (secondary N) is 1. The van der Waals surface area contributed by atoms with E-state index in [1.54, 1.807) is 0 Å². The molecule has 2 N–H and O–H groups in total. The lowest BCUT2D eigenvalue weighted by Gasteiger charge is -2.37. The van der Waals surface area contributed by atoms with E-state index in [0.29, 0.717) is 12.6 Å². The Bertz CT molecular complexity index is 427. The third-order valence-electron chi connectivity index (χ3n) is 3.63. The standard InChI is InChI=1S/C15H25N3O2/c1-4-16-12(3)13-5-6-17-15(7-13)18-8-11(2)20-14(9-18)10-19/h5-7,11-12,14,16,19H,4,8-10H2,1-3H3. The average Bonchev–Trinajstić information content (AvgIpc) is 2.47. The Hall–Kier alpha value is -1.17. The molecule has 2 rings (SSSR count). The minimum Gasteiger partial charge on any atom is -0.394 e. The van der Waals surface area contributed by atoms with Crippen molar-refractivity contribution in [3.05, 3.63) is 23.9 Å². The lowest BCUT2D eigenvalue weighted by atomic mass is 10.1. The average molecular weight is 279 g/mol. The maximum absolute atomic E-state index is 9.30. The number of morpholine rings is 1. The lowest BCUT2D eigenvalue weighted by molar-refractivity contribution is -0.0423. The Morgan fingerprint density at radius 2 is 2.35 bits per heavy atom. The number of ether oxygens (including phenoxy) is 1. The molecular weight excluding hydrogens is 254 g/mol. The van der Waals surface area contributed by atoms with E-state index < -0.39 is 0 Å². The molecule has 112 valence electrons. The molecule has 0 radical (unpaired) electrons. The maximum atomic E-state index is 9.30. The van der Waals surface area contributed by atoms with E-state index in [-0.39, 0.29) is 18.8 Å². The van der Waals surface area contributed by atoms with Crippen LogP contribution in [-0.2, 0) is 4.74 Å². The molecule has 0 spiro atoms. The number of anilines is 1. The van der Waals surface area contributed by atoms with Crippen molar-refractivity contribution in [2.45, 2.75) is 39.0 Å². The third-order valence-corrected chi connectivity index (χ3v) is 3.63. The van der Waals surface area contributed by atoms with Crippen molar-refractivity contribution in [3.8, 4) is 0 Å². The summed E-state index contributed by atoms with van der Waals surface area (Å²) >= 11 is 0. The Balaban J connectivity index is 2.13. The highest BCUT2D eigenvalue weighted by atomic mass is 16.5. The number of pyridine rings is 1. The Kier molecular flexibility index (Phi) is 5.34. The van der Waals surface area contributed by atoms with Gasteiger partial charge in [0.25, 0.3) is 0 Å². The molecule has 0 aromatic carbocycles. The summed E-state index contributed by atoms with van der Waals surface area (Å²) in [5.74, 6) is 0.959. The number of aromatic nitrogens is 1. The minimum atomic E-state index is -0.129. The van der Waals surface area contributed by atoms with Crippen molar-refractivity contribution in [2.24, 2.45) is 0 Å². The van der Waals surface area contributed by atoms with Crippen molar-refractivity contribution < 1.29 is 9.84 Å². The first-order valence-electron chi connectivity index (χ1n) is 7.34. The molecule has 3 unspecified atom stereocenters. The molecule has 1 aromatic heterocycles. The quantitative estimate of drug-likeness (QED) is 0.852. The van der Waals surface area contributed by atoms with Crippen LogP contribution in [0, 0.1) is 0 Å². The van der Waals surface area contributed by atoms with Crippen LogP contribution in [0.4, 0.5) is 5.82 Å². The van der Waals surface area contributed by atoms with Crippen molar-refractivity contribution in [1.29, 1.82) is 0 Å². The van der Waals surface area contributed by atoms with E-state index in [1.165, 1.54) is 5.56 Å². The fraction of sp³-hybridized carbons (Fsp3) is 0.667. The van der Waals surface area contributed by atoms with E-state index in [4.69, 9.17) is 4.74 Å². The van der Waals surface area contributed by atoms with Crippen molar-refractivity contribution in [2.75, 3.05) is 31.1 Å². The Labute approximate surface area is 121 Å². The van der Waals surface area contributed by atoms with Crippen LogP contribution in [0.5, 0.6) is 0 Å². The largest absolute Gasteiger partial charge is 0.394 e. The molecule has 20 heavy (non-hydrogen) atoms. The summed E-state index contributed by atoms with van der Waals surface area (Å²) in [6.45, 7) is 8.78. The Morgan fingerprint density at radius 1 is 1.55 bits per heavy atom. The predicted octanol–water partition coefficient (Wildman–Crippen LogP) is 1.34. The summed E-state index contributed by atoms with van der Waals surface area (Å²) in [5.41, 5.74) is 1.23. The fourth-order valence-electron chi connectivity index (χ4n) is 2.63. The first-order valence-corrected chi connectivity index (χ1v) is 7.34. The van der Waals surface area contributed by atoms with Crippen molar-refractivity contribution in [1.82, 2.24) is 10.3 Å². The van der Waals surface area contributed by atoms with Gasteiger partial charge in [-0.1, -0.05) is 6.92 Å². The van der Waals surface area contributed by atoms with Gasteiger partial charge in [0.05, 0.1) is 18.8 Å². The van der Waals surface area contributed by atoms with Gasteiger partial charge in [-0.25, -0.2) is 4.98 Å². The van der Waals surface area contributed by atoms with Gasteiger partial charge >= 0.3 is 0 Å². The number of aliphatic hydroxyl groups excluding tert-OH is 1. The second kappa shape index (κ2) is 7.02. The predicted molar refractivity (Wildman–Crippen MR) is 80.0 cm³/mol. The molecule has 2 heterocycles. The molecule has 1 aliphatic heterocycles. The number of hydrogen-bond donors (Lipinski definition) is 2. The zero-order chi connectivity index (χ0) is 14.5. The molecule has 0 bridgehead atoms. The molecule has 1 fully saturated rings. The van der Waals surface area contributed by atoms with E-state index >= 15 is 0 Å². The van der Waals surface area contributed by atoms with Gasteiger partial charge in [-0.05, 0) is 38.1 Å². The highest BCUT2D eigenvalue weighted by molar-refractivity contribution is 5.42. The summed E-state index contributed by atoms with van der Waals surface area (Å²) in [5, 5.41) is 12.7. The van der Waals surface area contributed by atoms with Gasteiger partial charge in [-0.3, -0.25) is 0 Å². The Morgan fingerprint density at radius 3 is 3.05 bits per heavy atom. The van der Waals surface area contributed by atoms with Crippen molar-refractivity contribution in [3.63, 3.8) is 0 Å². The van der Waals surface area contributed by atoms with Crippen LogP contribution in [-0.4, -0.2) is 48.5 Å². The van der Waals surface area contributed by atoms with Crippen LogP contribution in [0.2, 0.25) is 0 Å². The number of rotatable bonds is 5. The third kappa shape index (κ3) is 3.69. The highest BCUT2D eigenvalue weighted by Gasteiger charge is 2.25. The van der Waals surface area contributed by atoms with E-state index in [9.17, 15) is 5.11 Å². The second-order valence-electron chi connectivity index (χ2n) is 5.38. The minimum absolute atomic E-state index is 0.0499. The van der Waals surface area contributed by atoms with Crippen molar-refractivity contribution >= 4 is 5.82 Å². The molecule has 0 aliphatic carbocycles. The van der Waals surface area contributed by atoms with Gasteiger partial charge in [0.1, 0.15) is 5.82 Å². The van der Waals surface area contributed by atoms with Gasteiger partial charge in [0.15, 0.2) is 0 Å². The first kappa shape index (κ1) is 15.2. The summed E-state index contributed by atoms with van der Waals surface area (Å²) in [7, 11) is 0. The molecule has 3 atom stereocenters. The lowest BCUT2D eigenvalue weighted by Crippen LogP contribution is -2.48. The van der Waals surface area contributed by atoms with Gasteiger partial charge in [0.2, 0.25) is 0 Å². The zero-order valence-electron chi connectivity index (χ0n) is 12.5. The van der Waals surface area contributed by atoms with Gasteiger partial charge in [-0.15, -0.1) is 0 Å². The summed E-state index contributed by atoms with van der Waals surface area (Å²) in [6.07, 6.45) is 1.83. The van der Waals surface area contributed by atoms with Crippen LogP contribution in [0.1, 0.15) is 32.4 Å². The molecule has 5 heteroatoms. The normalized spacial score (nSPS) is 24.7. The van der Waals surface area contributed by atoms with Crippen LogP contribution in [0.15, 0.2) is 18.3 Å². The smallest absolute Gasteiger partial charge is 0.128 e. The van der Waals surface area contributed by atoms with Gasteiger partial charge in [0, 0.05) is 25.3 Å². The number of nitrogens with zero attached hydrogens (tertiary/aromatic N) is 2. The molecule has 0 saturated carbocycles. The van der Waals surface area contributed by atoms with E-state index in [2.05, 4.69) is 35.1 Å². The SMILES string of the molecule is CCNC(C)c1ccnc(N2CC(C)OC(CO)C2)c1. The molecule has 1 saturated heterocycles. The van der Waals surface area contributed by atoms with Crippen LogP contribution < -0.4 is 10.2 Å². The molecule has 1 aliphatic rings. The number of aliphatic hydroxyl groups is 1. The van der Waals surface area contributed by atoms with Gasteiger partial charge < -0.3 is 20.1 Å². The van der Waals surface area contributed by atoms with Crippen LogP contribution >= 0.6 is 0 Å². The van der Waals surface area contributed by atoms with Crippen LogP contribution in [0.25, 0.3) is 0 Å². The van der Waals surface area contributed by atoms with E-state index in [0.717, 1.165) is 18.9 Å². The maximum Gasteiger partial charge on any atom is 0.128 e. The molecule has 0 amide bonds. The topological polar surface area (TPSA) is 57.6 Å². The molecular formula is C15H25N3O2. The second-order valence-corrected chi connectivity index (χ2v) is 5.38. The zero-order valence-corrected chi connectivity index (χ0v) is 12.5. The molecule has 1 aromatic rings. The monoisotopic (exact) mass is 279 g/mol.